The Labute approximate surface area is 136 Å². The summed E-state index contributed by atoms with van der Waals surface area (Å²) in [5, 5.41) is 0.375. The van der Waals surface area contributed by atoms with Gasteiger partial charge in [0.1, 0.15) is 5.75 Å². The Morgan fingerprint density at radius 1 is 1.14 bits per heavy atom. The molecule has 1 saturated heterocycles. The van der Waals surface area contributed by atoms with Gasteiger partial charge < -0.3 is 18.8 Å². The maximum Gasteiger partial charge on any atom is 0.495 e. The Bertz CT molecular complexity index is 584. The van der Waals surface area contributed by atoms with E-state index in [4.69, 9.17) is 30.4 Å². The van der Waals surface area contributed by atoms with Crippen molar-refractivity contribution >= 4 is 30.2 Å². The maximum absolute atomic E-state index is 12.1. The van der Waals surface area contributed by atoms with E-state index in [0.717, 1.165) is 0 Å². The van der Waals surface area contributed by atoms with Crippen molar-refractivity contribution in [3.63, 3.8) is 0 Å². The summed E-state index contributed by atoms with van der Waals surface area (Å²) in [5.41, 5.74) is -0.201. The molecule has 0 radical (unpaired) electrons. The van der Waals surface area contributed by atoms with Crippen LogP contribution in [0.1, 0.15) is 38.1 Å². The van der Waals surface area contributed by atoms with Crippen LogP contribution in [0.2, 0.25) is 5.02 Å². The molecule has 1 aromatic carbocycles. The van der Waals surface area contributed by atoms with Crippen molar-refractivity contribution in [2.75, 3.05) is 14.2 Å². The quantitative estimate of drug-likeness (QED) is 0.631. The second kappa shape index (κ2) is 5.76. The lowest BCUT2D eigenvalue weighted by Gasteiger charge is -2.32. The van der Waals surface area contributed by atoms with Crippen molar-refractivity contribution in [2.24, 2.45) is 0 Å². The fourth-order valence-corrected chi connectivity index (χ4v) is 2.43. The molecule has 5 nitrogen and oxygen atoms in total. The molecule has 1 aliphatic heterocycles. The molecule has 0 unspecified atom stereocenters. The van der Waals surface area contributed by atoms with Crippen LogP contribution in [0.3, 0.4) is 0 Å². The van der Waals surface area contributed by atoms with E-state index in [0.29, 0.717) is 21.8 Å². The molecule has 7 heteroatoms. The third kappa shape index (κ3) is 2.83. The number of carbonyl (C=O) groups excluding carboxylic acids is 1. The van der Waals surface area contributed by atoms with E-state index in [1.165, 1.54) is 20.3 Å². The predicted molar refractivity (Wildman–Crippen MR) is 85.1 cm³/mol. The fraction of sp³-hybridized carbons (Fsp3) is 0.533. The predicted octanol–water partition coefficient (Wildman–Crippen LogP) is 2.43. The van der Waals surface area contributed by atoms with Gasteiger partial charge in [0.25, 0.3) is 0 Å². The lowest BCUT2D eigenvalue weighted by atomic mass is 9.75. The molecule has 1 aliphatic rings. The first-order valence-electron chi connectivity index (χ1n) is 6.94. The summed E-state index contributed by atoms with van der Waals surface area (Å²) in [6, 6.07) is 3.16. The lowest BCUT2D eigenvalue weighted by molar-refractivity contribution is 0.00578. The number of halogens is 1. The maximum atomic E-state index is 12.1. The van der Waals surface area contributed by atoms with Crippen LogP contribution in [0, 0.1) is 0 Å². The number of rotatable bonds is 3. The molecular formula is C15H20BClO5. The lowest BCUT2D eigenvalue weighted by Crippen LogP contribution is -2.41. The van der Waals surface area contributed by atoms with Gasteiger partial charge in [-0.15, -0.1) is 0 Å². The monoisotopic (exact) mass is 326 g/mol. The van der Waals surface area contributed by atoms with Crippen molar-refractivity contribution in [1.82, 2.24) is 0 Å². The Morgan fingerprint density at radius 2 is 1.68 bits per heavy atom. The molecule has 1 aromatic rings. The van der Waals surface area contributed by atoms with Crippen LogP contribution in [0.15, 0.2) is 12.1 Å². The molecule has 0 spiro atoms. The highest BCUT2D eigenvalue weighted by atomic mass is 35.5. The Balaban J connectivity index is 2.51. The Kier molecular flexibility index (Phi) is 4.48. The standard InChI is InChI=1S/C15H20BClO5/c1-14(2)15(3,4)22-16(21-14)10-8-11(17)12(19-5)7-9(10)13(18)20-6/h7-8H,1-6H3. The van der Waals surface area contributed by atoms with Crippen LogP contribution in [0.4, 0.5) is 0 Å². The van der Waals surface area contributed by atoms with Gasteiger partial charge in [0.15, 0.2) is 0 Å². The molecule has 0 bridgehead atoms. The average molecular weight is 327 g/mol. The van der Waals surface area contributed by atoms with E-state index >= 15 is 0 Å². The number of hydrogen-bond acceptors (Lipinski definition) is 5. The minimum atomic E-state index is -0.706. The molecule has 22 heavy (non-hydrogen) atoms. The van der Waals surface area contributed by atoms with Crippen molar-refractivity contribution in [3.8, 4) is 5.75 Å². The normalized spacial score (nSPS) is 19.1. The van der Waals surface area contributed by atoms with Crippen LogP contribution in [-0.2, 0) is 14.0 Å². The van der Waals surface area contributed by atoms with Crippen LogP contribution >= 0.6 is 11.6 Å². The summed E-state index contributed by atoms with van der Waals surface area (Å²) in [7, 11) is 2.09. The van der Waals surface area contributed by atoms with E-state index in [1.54, 1.807) is 6.07 Å². The summed E-state index contributed by atoms with van der Waals surface area (Å²) >= 11 is 6.18. The Morgan fingerprint density at radius 3 is 2.14 bits per heavy atom. The van der Waals surface area contributed by atoms with Gasteiger partial charge in [-0.25, -0.2) is 4.79 Å². The summed E-state index contributed by atoms with van der Waals surface area (Å²) in [6.07, 6.45) is 0. The van der Waals surface area contributed by atoms with Crippen molar-refractivity contribution in [1.29, 1.82) is 0 Å². The largest absolute Gasteiger partial charge is 0.495 e. The fourth-order valence-electron chi connectivity index (χ4n) is 2.18. The molecule has 0 N–H and O–H groups in total. The number of hydrogen-bond donors (Lipinski definition) is 0. The molecule has 120 valence electrons. The van der Waals surface area contributed by atoms with Crippen molar-refractivity contribution < 1.29 is 23.6 Å². The van der Waals surface area contributed by atoms with Crippen LogP contribution in [-0.4, -0.2) is 38.5 Å². The molecule has 1 fully saturated rings. The zero-order valence-electron chi connectivity index (χ0n) is 13.7. The number of benzene rings is 1. The summed E-state index contributed by atoms with van der Waals surface area (Å²) in [6.45, 7) is 7.76. The smallest absolute Gasteiger partial charge is 0.495 e. The summed E-state index contributed by atoms with van der Waals surface area (Å²) in [5.74, 6) is -0.109. The van der Waals surface area contributed by atoms with Gasteiger partial charge in [0, 0.05) is 0 Å². The van der Waals surface area contributed by atoms with Crippen molar-refractivity contribution in [2.45, 2.75) is 38.9 Å². The minimum Gasteiger partial charge on any atom is -0.495 e. The summed E-state index contributed by atoms with van der Waals surface area (Å²) in [4.78, 5) is 12.1. The van der Waals surface area contributed by atoms with Crippen LogP contribution < -0.4 is 10.2 Å². The second-order valence-corrected chi connectivity index (χ2v) is 6.56. The van der Waals surface area contributed by atoms with Gasteiger partial charge in [0.05, 0.1) is 36.0 Å². The number of methoxy groups -OCH3 is 2. The van der Waals surface area contributed by atoms with Gasteiger partial charge in [0.2, 0.25) is 0 Å². The number of esters is 1. The van der Waals surface area contributed by atoms with Gasteiger partial charge in [-0.3, -0.25) is 0 Å². The first-order valence-corrected chi connectivity index (χ1v) is 7.32. The zero-order valence-corrected chi connectivity index (χ0v) is 14.4. The third-order valence-electron chi connectivity index (χ3n) is 4.24. The van der Waals surface area contributed by atoms with Crippen LogP contribution in [0.5, 0.6) is 5.75 Å². The molecule has 0 amide bonds. The molecule has 0 aromatic heterocycles. The molecular weight excluding hydrogens is 306 g/mol. The highest BCUT2D eigenvalue weighted by Gasteiger charge is 2.52. The van der Waals surface area contributed by atoms with Gasteiger partial charge >= 0.3 is 13.1 Å². The van der Waals surface area contributed by atoms with E-state index < -0.39 is 24.3 Å². The molecule has 0 saturated carbocycles. The minimum absolute atomic E-state index is 0.308. The van der Waals surface area contributed by atoms with E-state index in [-0.39, 0.29) is 0 Å². The molecule has 2 rings (SSSR count). The first kappa shape index (κ1) is 17.1. The second-order valence-electron chi connectivity index (χ2n) is 6.15. The third-order valence-corrected chi connectivity index (χ3v) is 4.53. The topological polar surface area (TPSA) is 54.0 Å². The molecule has 0 aliphatic carbocycles. The van der Waals surface area contributed by atoms with Gasteiger partial charge in [-0.2, -0.15) is 0 Å². The van der Waals surface area contributed by atoms with E-state index in [9.17, 15) is 4.79 Å². The number of ether oxygens (including phenoxy) is 2. The molecule has 0 atom stereocenters. The average Bonchev–Trinajstić information content (AvgIpc) is 2.66. The van der Waals surface area contributed by atoms with E-state index in [2.05, 4.69) is 0 Å². The van der Waals surface area contributed by atoms with Crippen LogP contribution in [0.25, 0.3) is 0 Å². The summed E-state index contributed by atoms with van der Waals surface area (Å²) < 4.78 is 22.0. The van der Waals surface area contributed by atoms with E-state index in [1.807, 2.05) is 27.7 Å². The highest BCUT2D eigenvalue weighted by Crippen LogP contribution is 2.37. The van der Waals surface area contributed by atoms with Gasteiger partial charge in [-0.05, 0) is 45.3 Å². The van der Waals surface area contributed by atoms with Crippen molar-refractivity contribution in [3.05, 3.63) is 22.7 Å². The Hall–Kier alpha value is -1.24. The first-order chi connectivity index (χ1) is 10.1. The zero-order chi connectivity index (χ0) is 16.7. The molecule has 1 heterocycles. The SMILES string of the molecule is COC(=O)c1cc(OC)c(Cl)cc1B1OC(C)(C)C(C)(C)O1. The van der Waals surface area contributed by atoms with Gasteiger partial charge in [-0.1, -0.05) is 11.6 Å². The number of carbonyl (C=O) groups is 1. The highest BCUT2D eigenvalue weighted by molar-refractivity contribution is 6.64.